The Morgan fingerprint density at radius 2 is 1.62 bits per heavy atom. The standard InChI is InChI=1S/C15H12BrNO4/c16-10-7-5-9(6-8-10)13(15(20)21)17-12-4-2-1-3-11(12)14(18)19/h1-8,13,17H,(H,18,19)(H,20,21). The third kappa shape index (κ3) is 3.61. The topological polar surface area (TPSA) is 86.6 Å². The lowest BCUT2D eigenvalue weighted by atomic mass is 10.1. The Kier molecular flexibility index (Phi) is 4.59. The largest absolute Gasteiger partial charge is 0.479 e. The summed E-state index contributed by atoms with van der Waals surface area (Å²) in [6.07, 6.45) is 0. The third-order valence-electron chi connectivity index (χ3n) is 2.91. The molecule has 0 fully saturated rings. The molecule has 0 saturated heterocycles. The average Bonchev–Trinajstić information content (AvgIpc) is 2.46. The van der Waals surface area contributed by atoms with Crippen LogP contribution in [0.15, 0.2) is 53.0 Å². The van der Waals surface area contributed by atoms with Crippen LogP contribution in [-0.4, -0.2) is 22.2 Å². The second-order valence-corrected chi connectivity index (χ2v) is 5.23. The molecular formula is C15H12BrNO4. The van der Waals surface area contributed by atoms with Crippen molar-refractivity contribution >= 4 is 33.6 Å². The van der Waals surface area contributed by atoms with Gasteiger partial charge in [0, 0.05) is 10.2 Å². The number of anilines is 1. The van der Waals surface area contributed by atoms with Gasteiger partial charge in [0.1, 0.15) is 0 Å². The van der Waals surface area contributed by atoms with Gasteiger partial charge >= 0.3 is 11.9 Å². The molecule has 5 nitrogen and oxygen atoms in total. The van der Waals surface area contributed by atoms with Gasteiger partial charge in [0.15, 0.2) is 6.04 Å². The Morgan fingerprint density at radius 3 is 2.19 bits per heavy atom. The van der Waals surface area contributed by atoms with Crippen LogP contribution in [0.2, 0.25) is 0 Å². The summed E-state index contributed by atoms with van der Waals surface area (Å²) in [5.41, 5.74) is 0.826. The van der Waals surface area contributed by atoms with Crippen LogP contribution in [0.3, 0.4) is 0 Å². The molecule has 0 saturated carbocycles. The summed E-state index contributed by atoms with van der Waals surface area (Å²) < 4.78 is 0.835. The number of halogens is 1. The van der Waals surface area contributed by atoms with Crippen molar-refractivity contribution in [2.45, 2.75) is 6.04 Å². The van der Waals surface area contributed by atoms with E-state index in [4.69, 9.17) is 5.11 Å². The molecule has 1 unspecified atom stereocenters. The Balaban J connectivity index is 2.35. The monoisotopic (exact) mass is 349 g/mol. The first-order chi connectivity index (χ1) is 9.99. The lowest BCUT2D eigenvalue weighted by molar-refractivity contribution is -0.138. The van der Waals surface area contributed by atoms with Gasteiger partial charge < -0.3 is 15.5 Å². The molecule has 0 aliphatic heterocycles. The minimum atomic E-state index is -1.11. The van der Waals surface area contributed by atoms with E-state index in [1.54, 1.807) is 36.4 Å². The van der Waals surface area contributed by atoms with Gasteiger partial charge in [0.25, 0.3) is 0 Å². The summed E-state index contributed by atoms with van der Waals surface area (Å²) in [5, 5.41) is 21.3. The zero-order chi connectivity index (χ0) is 15.4. The van der Waals surface area contributed by atoms with Crippen molar-refractivity contribution in [1.82, 2.24) is 0 Å². The molecule has 6 heteroatoms. The molecule has 0 aromatic heterocycles. The maximum absolute atomic E-state index is 11.4. The summed E-state index contributed by atoms with van der Waals surface area (Å²) in [6.45, 7) is 0. The fourth-order valence-corrected chi connectivity index (χ4v) is 2.16. The molecule has 0 bridgehead atoms. The highest BCUT2D eigenvalue weighted by Gasteiger charge is 2.21. The van der Waals surface area contributed by atoms with Crippen molar-refractivity contribution in [2.24, 2.45) is 0 Å². The van der Waals surface area contributed by atoms with Gasteiger partial charge in [-0.15, -0.1) is 0 Å². The second-order valence-electron chi connectivity index (χ2n) is 4.32. The van der Waals surface area contributed by atoms with Gasteiger partial charge in [-0.3, -0.25) is 0 Å². The number of rotatable bonds is 5. The number of para-hydroxylation sites is 1. The van der Waals surface area contributed by atoms with Gasteiger partial charge in [-0.1, -0.05) is 40.2 Å². The first kappa shape index (κ1) is 15.1. The molecule has 0 radical (unpaired) electrons. The zero-order valence-corrected chi connectivity index (χ0v) is 12.4. The molecule has 2 aromatic rings. The number of hydrogen-bond donors (Lipinski definition) is 3. The summed E-state index contributed by atoms with van der Waals surface area (Å²) >= 11 is 3.28. The van der Waals surface area contributed by atoms with E-state index in [-0.39, 0.29) is 11.3 Å². The van der Waals surface area contributed by atoms with Crippen LogP contribution in [0, 0.1) is 0 Å². The van der Waals surface area contributed by atoms with Crippen LogP contribution < -0.4 is 5.32 Å². The van der Waals surface area contributed by atoms with Gasteiger partial charge in [-0.25, -0.2) is 9.59 Å². The zero-order valence-electron chi connectivity index (χ0n) is 10.8. The summed E-state index contributed by atoms with van der Waals surface area (Å²) in [4.78, 5) is 22.6. The van der Waals surface area contributed by atoms with Crippen LogP contribution in [0.5, 0.6) is 0 Å². The Morgan fingerprint density at radius 1 is 1.00 bits per heavy atom. The van der Waals surface area contributed by atoms with Crippen LogP contribution in [0.25, 0.3) is 0 Å². The van der Waals surface area contributed by atoms with E-state index in [1.165, 1.54) is 12.1 Å². The predicted molar refractivity (Wildman–Crippen MR) is 81.5 cm³/mol. The average molecular weight is 350 g/mol. The number of aromatic carboxylic acids is 1. The molecule has 0 spiro atoms. The Bertz CT molecular complexity index is 670. The van der Waals surface area contributed by atoms with Crippen LogP contribution in [0.4, 0.5) is 5.69 Å². The quantitative estimate of drug-likeness (QED) is 0.770. The minimum Gasteiger partial charge on any atom is -0.479 e. The molecule has 0 aliphatic carbocycles. The Hall–Kier alpha value is -2.34. The van der Waals surface area contributed by atoms with E-state index in [9.17, 15) is 14.7 Å². The molecule has 2 aromatic carbocycles. The van der Waals surface area contributed by atoms with Crippen molar-refractivity contribution in [2.75, 3.05) is 5.32 Å². The normalized spacial score (nSPS) is 11.7. The molecule has 1 atom stereocenters. The van der Waals surface area contributed by atoms with Crippen molar-refractivity contribution in [1.29, 1.82) is 0 Å². The van der Waals surface area contributed by atoms with Gasteiger partial charge in [-0.2, -0.15) is 0 Å². The molecule has 21 heavy (non-hydrogen) atoms. The lowest BCUT2D eigenvalue weighted by Gasteiger charge is -2.17. The van der Waals surface area contributed by atoms with Crippen LogP contribution >= 0.6 is 15.9 Å². The van der Waals surface area contributed by atoms with Crippen molar-refractivity contribution in [3.05, 3.63) is 64.1 Å². The molecule has 2 rings (SSSR count). The third-order valence-corrected chi connectivity index (χ3v) is 3.44. The molecule has 108 valence electrons. The number of aliphatic carboxylic acids is 1. The molecule has 0 amide bonds. The van der Waals surface area contributed by atoms with Crippen molar-refractivity contribution in [3.8, 4) is 0 Å². The van der Waals surface area contributed by atoms with Crippen LogP contribution in [-0.2, 0) is 4.79 Å². The predicted octanol–water partition coefficient (Wildman–Crippen LogP) is 3.39. The smallest absolute Gasteiger partial charge is 0.337 e. The van der Waals surface area contributed by atoms with Gasteiger partial charge in [0.2, 0.25) is 0 Å². The fraction of sp³-hybridized carbons (Fsp3) is 0.0667. The first-order valence-electron chi connectivity index (χ1n) is 6.06. The summed E-state index contributed by atoms with van der Waals surface area (Å²) in [7, 11) is 0. The van der Waals surface area contributed by atoms with Gasteiger partial charge in [-0.05, 0) is 29.8 Å². The van der Waals surface area contributed by atoms with E-state index in [1.807, 2.05) is 0 Å². The number of hydrogen-bond acceptors (Lipinski definition) is 3. The van der Waals surface area contributed by atoms with E-state index in [0.717, 1.165) is 4.47 Å². The molecular weight excluding hydrogens is 338 g/mol. The molecule has 0 aliphatic rings. The van der Waals surface area contributed by atoms with E-state index >= 15 is 0 Å². The second kappa shape index (κ2) is 6.41. The number of nitrogens with one attached hydrogen (secondary N) is 1. The van der Waals surface area contributed by atoms with Crippen molar-refractivity contribution < 1.29 is 19.8 Å². The van der Waals surface area contributed by atoms with E-state index < -0.39 is 18.0 Å². The van der Waals surface area contributed by atoms with Crippen molar-refractivity contribution in [3.63, 3.8) is 0 Å². The highest BCUT2D eigenvalue weighted by Crippen LogP contribution is 2.24. The maximum atomic E-state index is 11.4. The number of carboxylic acids is 2. The van der Waals surface area contributed by atoms with Gasteiger partial charge in [0.05, 0.1) is 5.56 Å². The summed E-state index contributed by atoms with van der Waals surface area (Å²) in [5.74, 6) is -2.20. The summed E-state index contributed by atoms with van der Waals surface area (Å²) in [6, 6.07) is 12.0. The van der Waals surface area contributed by atoms with Crippen LogP contribution in [0.1, 0.15) is 22.0 Å². The number of carbonyl (C=O) groups is 2. The van der Waals surface area contributed by atoms with E-state index in [2.05, 4.69) is 21.2 Å². The fourth-order valence-electron chi connectivity index (χ4n) is 1.89. The highest BCUT2D eigenvalue weighted by molar-refractivity contribution is 9.10. The first-order valence-corrected chi connectivity index (χ1v) is 6.85. The molecule has 0 heterocycles. The van der Waals surface area contributed by atoms with E-state index in [0.29, 0.717) is 5.56 Å². The number of carboxylic acid groups (broad SMARTS) is 2. The number of benzene rings is 2. The lowest BCUT2D eigenvalue weighted by Crippen LogP contribution is -2.21. The molecule has 3 N–H and O–H groups in total. The SMILES string of the molecule is O=C(O)c1ccccc1NC(C(=O)O)c1ccc(Br)cc1. The Labute approximate surface area is 129 Å². The highest BCUT2D eigenvalue weighted by atomic mass is 79.9. The maximum Gasteiger partial charge on any atom is 0.337 e. The minimum absolute atomic E-state index is 0.0286.